The molecular formula is C10H17BO2. The summed E-state index contributed by atoms with van der Waals surface area (Å²) in [5.41, 5.74) is 2.54. The monoisotopic (exact) mass is 180 g/mol. The Bertz CT molecular complexity index is 259. The molecule has 13 heavy (non-hydrogen) atoms. The third kappa shape index (κ3) is 3.62. The first kappa shape index (κ1) is 12.2. The third-order valence-corrected chi connectivity index (χ3v) is 1.71. The summed E-state index contributed by atoms with van der Waals surface area (Å²) >= 11 is 0. The molecule has 0 amide bonds. The largest absolute Gasteiger partial charge is 0.488 e. The van der Waals surface area contributed by atoms with E-state index in [-0.39, 0.29) is 0 Å². The molecule has 1 rings (SSSR count). The second-order valence-corrected chi connectivity index (χ2v) is 2.73. The molecule has 2 nitrogen and oxygen atoms in total. The molecular weight excluding hydrogens is 163 g/mol. The number of hydrogen-bond acceptors (Lipinski definition) is 2. The van der Waals surface area contributed by atoms with Gasteiger partial charge in [0.1, 0.15) is 0 Å². The third-order valence-electron chi connectivity index (χ3n) is 1.71. The normalized spacial score (nSPS) is 8.77. The summed E-state index contributed by atoms with van der Waals surface area (Å²) in [7, 11) is -1.35. The van der Waals surface area contributed by atoms with Crippen LogP contribution in [-0.2, 0) is 0 Å². The molecule has 0 bridgehead atoms. The van der Waals surface area contributed by atoms with E-state index in [1.165, 1.54) is 0 Å². The molecule has 0 aliphatic carbocycles. The summed E-state index contributed by atoms with van der Waals surface area (Å²) in [6.45, 7) is 7.78. The van der Waals surface area contributed by atoms with Crippen LogP contribution in [-0.4, -0.2) is 17.2 Å². The molecule has 0 aromatic heterocycles. The van der Waals surface area contributed by atoms with Crippen LogP contribution >= 0.6 is 0 Å². The lowest BCUT2D eigenvalue weighted by atomic mass is 9.77. The highest BCUT2D eigenvalue weighted by Gasteiger charge is 2.12. The lowest BCUT2D eigenvalue weighted by molar-refractivity contribution is 0.425. The highest BCUT2D eigenvalue weighted by atomic mass is 16.4. The summed E-state index contributed by atoms with van der Waals surface area (Å²) in [5.74, 6) is 0. The van der Waals surface area contributed by atoms with Gasteiger partial charge in [-0.05, 0) is 19.3 Å². The Morgan fingerprint density at radius 1 is 1.08 bits per heavy atom. The number of benzene rings is 1. The van der Waals surface area contributed by atoms with Crippen molar-refractivity contribution in [1.29, 1.82) is 0 Å². The molecule has 0 aliphatic heterocycles. The highest BCUT2D eigenvalue weighted by Crippen LogP contribution is 1.99. The van der Waals surface area contributed by atoms with Crippen molar-refractivity contribution in [3.05, 3.63) is 29.3 Å². The molecule has 0 spiro atoms. The predicted molar refractivity (Wildman–Crippen MR) is 57.1 cm³/mol. The molecule has 0 atom stereocenters. The quantitative estimate of drug-likeness (QED) is 0.633. The Kier molecular flexibility index (Phi) is 5.43. The van der Waals surface area contributed by atoms with E-state index < -0.39 is 7.12 Å². The van der Waals surface area contributed by atoms with Gasteiger partial charge in [-0.25, -0.2) is 0 Å². The highest BCUT2D eigenvalue weighted by molar-refractivity contribution is 6.59. The first-order chi connectivity index (χ1) is 6.11. The van der Waals surface area contributed by atoms with Gasteiger partial charge in [-0.1, -0.05) is 43.2 Å². The van der Waals surface area contributed by atoms with Crippen molar-refractivity contribution in [3.63, 3.8) is 0 Å². The molecule has 3 heteroatoms. The van der Waals surface area contributed by atoms with Crippen LogP contribution in [0.5, 0.6) is 0 Å². The van der Waals surface area contributed by atoms with Gasteiger partial charge in [-0.2, -0.15) is 0 Å². The van der Waals surface area contributed by atoms with E-state index in [0.717, 1.165) is 11.1 Å². The average Bonchev–Trinajstić information content (AvgIpc) is 2.12. The van der Waals surface area contributed by atoms with Crippen molar-refractivity contribution in [2.45, 2.75) is 27.7 Å². The van der Waals surface area contributed by atoms with E-state index in [2.05, 4.69) is 0 Å². The summed E-state index contributed by atoms with van der Waals surface area (Å²) in [4.78, 5) is 0. The van der Waals surface area contributed by atoms with Crippen LogP contribution < -0.4 is 5.46 Å². The van der Waals surface area contributed by atoms with Crippen LogP contribution in [0.4, 0.5) is 0 Å². The van der Waals surface area contributed by atoms with E-state index in [0.29, 0.717) is 5.46 Å². The summed E-state index contributed by atoms with van der Waals surface area (Å²) in [6, 6.07) is 5.60. The van der Waals surface area contributed by atoms with Crippen molar-refractivity contribution in [2.75, 3.05) is 0 Å². The zero-order valence-corrected chi connectivity index (χ0v) is 8.70. The summed E-state index contributed by atoms with van der Waals surface area (Å²) in [6.07, 6.45) is 0. The maximum absolute atomic E-state index is 8.88. The van der Waals surface area contributed by atoms with Gasteiger partial charge in [0, 0.05) is 0 Å². The van der Waals surface area contributed by atoms with Gasteiger partial charge < -0.3 is 10.0 Å². The predicted octanol–water partition coefficient (Wildman–Crippen LogP) is 1.01. The topological polar surface area (TPSA) is 40.5 Å². The Morgan fingerprint density at radius 3 is 2.00 bits per heavy atom. The first-order valence-corrected chi connectivity index (χ1v) is 4.54. The fraction of sp³-hybridized carbons (Fsp3) is 0.400. The minimum atomic E-state index is -1.35. The zero-order chi connectivity index (χ0) is 10.4. The van der Waals surface area contributed by atoms with Crippen LogP contribution in [0.3, 0.4) is 0 Å². The fourth-order valence-electron chi connectivity index (χ4n) is 1.04. The zero-order valence-electron chi connectivity index (χ0n) is 8.70. The minimum Gasteiger partial charge on any atom is -0.423 e. The van der Waals surface area contributed by atoms with Crippen LogP contribution in [0.2, 0.25) is 0 Å². The molecule has 0 fully saturated rings. The molecule has 1 aromatic rings. The molecule has 0 saturated heterocycles. The standard InChI is InChI=1S/C8H11BO2.C2H6/c1-6-3-4-7(2)8(5-6)9(10)11;1-2/h3-5,10-11H,1-2H3;1-2H3. The summed E-state index contributed by atoms with van der Waals surface area (Å²) < 4.78 is 0. The van der Waals surface area contributed by atoms with Gasteiger partial charge in [-0.15, -0.1) is 0 Å². The lowest BCUT2D eigenvalue weighted by Gasteiger charge is -2.04. The number of aryl methyl sites for hydroxylation is 2. The van der Waals surface area contributed by atoms with Crippen molar-refractivity contribution in [3.8, 4) is 0 Å². The molecule has 1 aromatic carbocycles. The van der Waals surface area contributed by atoms with Crippen molar-refractivity contribution in [1.82, 2.24) is 0 Å². The Balaban J connectivity index is 0.000000671. The van der Waals surface area contributed by atoms with Crippen molar-refractivity contribution in [2.24, 2.45) is 0 Å². The molecule has 0 radical (unpaired) electrons. The molecule has 0 heterocycles. The Morgan fingerprint density at radius 2 is 1.62 bits per heavy atom. The van der Waals surface area contributed by atoms with Crippen molar-refractivity contribution < 1.29 is 10.0 Å². The minimum absolute atomic E-state index is 0.588. The van der Waals surface area contributed by atoms with E-state index in [9.17, 15) is 0 Å². The van der Waals surface area contributed by atoms with E-state index in [4.69, 9.17) is 10.0 Å². The van der Waals surface area contributed by atoms with E-state index in [1.807, 2.05) is 39.8 Å². The average molecular weight is 180 g/mol. The second kappa shape index (κ2) is 5.78. The Hall–Kier alpha value is -0.795. The van der Waals surface area contributed by atoms with Gasteiger partial charge in [0.15, 0.2) is 0 Å². The first-order valence-electron chi connectivity index (χ1n) is 4.54. The fourth-order valence-corrected chi connectivity index (χ4v) is 1.04. The molecule has 2 N–H and O–H groups in total. The van der Waals surface area contributed by atoms with Gasteiger partial charge >= 0.3 is 7.12 Å². The maximum atomic E-state index is 8.88. The summed E-state index contributed by atoms with van der Waals surface area (Å²) in [5, 5.41) is 17.8. The van der Waals surface area contributed by atoms with Gasteiger partial charge in [0.25, 0.3) is 0 Å². The number of hydrogen-bond donors (Lipinski definition) is 2. The maximum Gasteiger partial charge on any atom is 0.488 e. The van der Waals surface area contributed by atoms with Crippen LogP contribution in [0.1, 0.15) is 25.0 Å². The second-order valence-electron chi connectivity index (χ2n) is 2.73. The van der Waals surface area contributed by atoms with Gasteiger partial charge in [-0.3, -0.25) is 0 Å². The van der Waals surface area contributed by atoms with Gasteiger partial charge in [0.2, 0.25) is 0 Å². The van der Waals surface area contributed by atoms with E-state index >= 15 is 0 Å². The van der Waals surface area contributed by atoms with Crippen LogP contribution in [0, 0.1) is 13.8 Å². The Labute approximate surface area is 80.4 Å². The SMILES string of the molecule is CC.Cc1ccc(C)c(B(O)O)c1. The van der Waals surface area contributed by atoms with Crippen LogP contribution in [0.25, 0.3) is 0 Å². The molecule has 0 unspecified atom stereocenters. The smallest absolute Gasteiger partial charge is 0.423 e. The number of rotatable bonds is 1. The molecule has 0 aliphatic rings. The lowest BCUT2D eigenvalue weighted by Crippen LogP contribution is -2.32. The molecule has 0 saturated carbocycles. The molecule has 72 valence electrons. The van der Waals surface area contributed by atoms with Crippen LogP contribution in [0.15, 0.2) is 18.2 Å². The van der Waals surface area contributed by atoms with E-state index in [1.54, 1.807) is 6.07 Å². The van der Waals surface area contributed by atoms with Crippen molar-refractivity contribution >= 4 is 12.6 Å². The van der Waals surface area contributed by atoms with Gasteiger partial charge in [0.05, 0.1) is 0 Å².